The largest absolute Gasteiger partial charge is 0.353 e. The van der Waals surface area contributed by atoms with Crippen LogP contribution in [0.2, 0.25) is 0 Å². The fraction of sp³-hybridized carbons (Fsp3) is 0.615. The number of fused-ring (bicyclic) bond motifs is 2. The molecule has 1 aromatic rings. The zero-order valence-corrected chi connectivity index (χ0v) is 10.6. The molecule has 2 fully saturated rings. The lowest BCUT2D eigenvalue weighted by molar-refractivity contribution is -0.121. The SMILES string of the molecule is O=C(Cc1cccs1)NC1CC2CCC(C1)N2. The number of nitrogens with one attached hydrogen (secondary N) is 2. The summed E-state index contributed by atoms with van der Waals surface area (Å²) < 4.78 is 0. The zero-order valence-electron chi connectivity index (χ0n) is 9.82. The lowest BCUT2D eigenvalue weighted by Gasteiger charge is -2.29. The number of carbonyl (C=O) groups excluding carboxylic acids is 1. The second-order valence-electron chi connectivity index (χ2n) is 5.13. The molecular weight excluding hydrogens is 232 g/mol. The van der Waals surface area contributed by atoms with Gasteiger partial charge in [0.05, 0.1) is 6.42 Å². The number of carbonyl (C=O) groups is 1. The van der Waals surface area contributed by atoms with Crippen molar-refractivity contribution in [1.29, 1.82) is 0 Å². The Balaban J connectivity index is 1.51. The second-order valence-corrected chi connectivity index (χ2v) is 6.16. The minimum Gasteiger partial charge on any atom is -0.353 e. The van der Waals surface area contributed by atoms with E-state index >= 15 is 0 Å². The maximum absolute atomic E-state index is 11.9. The lowest BCUT2D eigenvalue weighted by Crippen LogP contribution is -2.48. The normalized spacial score (nSPS) is 31.4. The molecule has 4 heteroatoms. The summed E-state index contributed by atoms with van der Waals surface area (Å²) in [6.45, 7) is 0. The zero-order chi connectivity index (χ0) is 11.7. The van der Waals surface area contributed by atoms with Gasteiger partial charge >= 0.3 is 0 Å². The van der Waals surface area contributed by atoms with Crippen LogP contribution in [0.1, 0.15) is 30.6 Å². The fourth-order valence-corrected chi connectivity index (χ4v) is 3.73. The molecule has 2 unspecified atom stereocenters. The van der Waals surface area contributed by atoms with E-state index < -0.39 is 0 Å². The van der Waals surface area contributed by atoms with Crippen LogP contribution in [0.25, 0.3) is 0 Å². The van der Waals surface area contributed by atoms with Gasteiger partial charge in [0.1, 0.15) is 0 Å². The third-order valence-corrected chi connectivity index (χ3v) is 4.63. The van der Waals surface area contributed by atoms with Crippen LogP contribution in [0.15, 0.2) is 17.5 Å². The average molecular weight is 250 g/mol. The Morgan fingerprint density at radius 2 is 2.18 bits per heavy atom. The summed E-state index contributed by atoms with van der Waals surface area (Å²) in [4.78, 5) is 13.0. The molecule has 92 valence electrons. The first-order valence-corrected chi connectivity index (χ1v) is 7.25. The first-order chi connectivity index (χ1) is 8.29. The average Bonchev–Trinajstić information content (AvgIpc) is 2.89. The summed E-state index contributed by atoms with van der Waals surface area (Å²) in [6.07, 6.45) is 5.31. The standard InChI is InChI=1S/C13H18N2OS/c16-13(8-12-2-1-5-17-12)15-11-6-9-3-4-10(7-11)14-9/h1-2,5,9-11,14H,3-4,6-8H2,(H,15,16). The van der Waals surface area contributed by atoms with Crippen molar-refractivity contribution in [3.8, 4) is 0 Å². The van der Waals surface area contributed by atoms with Gasteiger partial charge in [-0.05, 0) is 37.1 Å². The van der Waals surface area contributed by atoms with Gasteiger partial charge in [-0.15, -0.1) is 11.3 Å². The van der Waals surface area contributed by atoms with E-state index in [1.165, 1.54) is 12.8 Å². The van der Waals surface area contributed by atoms with Crippen LogP contribution in [0.5, 0.6) is 0 Å². The van der Waals surface area contributed by atoms with Crippen LogP contribution in [0, 0.1) is 0 Å². The molecule has 3 rings (SSSR count). The highest BCUT2D eigenvalue weighted by atomic mass is 32.1. The van der Waals surface area contributed by atoms with E-state index in [2.05, 4.69) is 10.6 Å². The Bertz CT molecular complexity index is 378. The highest BCUT2D eigenvalue weighted by molar-refractivity contribution is 7.10. The van der Waals surface area contributed by atoms with Crippen molar-refractivity contribution in [2.45, 2.75) is 50.2 Å². The Labute approximate surface area is 106 Å². The highest BCUT2D eigenvalue weighted by Gasteiger charge is 2.33. The topological polar surface area (TPSA) is 41.1 Å². The Morgan fingerprint density at radius 1 is 1.41 bits per heavy atom. The van der Waals surface area contributed by atoms with Gasteiger partial charge in [-0.2, -0.15) is 0 Å². The van der Waals surface area contributed by atoms with E-state index in [1.54, 1.807) is 11.3 Å². The first kappa shape index (κ1) is 11.2. The van der Waals surface area contributed by atoms with Crippen LogP contribution < -0.4 is 10.6 Å². The van der Waals surface area contributed by atoms with Crippen LogP contribution in [-0.4, -0.2) is 24.0 Å². The summed E-state index contributed by atoms with van der Waals surface area (Å²) >= 11 is 1.65. The summed E-state index contributed by atoms with van der Waals surface area (Å²) in [5.74, 6) is 0.179. The minimum absolute atomic E-state index is 0.179. The number of piperidine rings is 1. The highest BCUT2D eigenvalue weighted by Crippen LogP contribution is 2.26. The van der Waals surface area contributed by atoms with Gasteiger partial charge in [0.2, 0.25) is 5.91 Å². The third-order valence-electron chi connectivity index (χ3n) is 3.75. The maximum Gasteiger partial charge on any atom is 0.225 e. The third kappa shape index (κ3) is 2.69. The molecule has 2 aliphatic rings. The van der Waals surface area contributed by atoms with Gasteiger partial charge in [0, 0.05) is 23.0 Å². The van der Waals surface area contributed by atoms with E-state index in [0.29, 0.717) is 24.5 Å². The van der Waals surface area contributed by atoms with E-state index in [9.17, 15) is 4.79 Å². The quantitative estimate of drug-likeness (QED) is 0.857. The van der Waals surface area contributed by atoms with Crippen molar-refractivity contribution < 1.29 is 4.79 Å². The van der Waals surface area contributed by atoms with Crippen LogP contribution in [0.3, 0.4) is 0 Å². The summed E-state index contributed by atoms with van der Waals surface area (Å²) in [6, 6.07) is 5.69. The van der Waals surface area contributed by atoms with Crippen LogP contribution >= 0.6 is 11.3 Å². The van der Waals surface area contributed by atoms with Crippen molar-refractivity contribution >= 4 is 17.2 Å². The molecule has 0 radical (unpaired) electrons. The fourth-order valence-electron chi connectivity index (χ4n) is 3.03. The minimum atomic E-state index is 0.179. The molecule has 2 aliphatic heterocycles. The van der Waals surface area contributed by atoms with E-state index in [1.807, 2.05) is 17.5 Å². The predicted molar refractivity (Wildman–Crippen MR) is 69.1 cm³/mol. The molecule has 2 bridgehead atoms. The smallest absolute Gasteiger partial charge is 0.225 e. The van der Waals surface area contributed by atoms with Crippen LogP contribution in [-0.2, 0) is 11.2 Å². The van der Waals surface area contributed by atoms with E-state index in [4.69, 9.17) is 0 Å². The van der Waals surface area contributed by atoms with Gasteiger partial charge in [-0.1, -0.05) is 6.07 Å². The molecule has 0 spiro atoms. The van der Waals surface area contributed by atoms with Gasteiger partial charge < -0.3 is 10.6 Å². The molecule has 0 saturated carbocycles. The number of rotatable bonds is 3. The van der Waals surface area contributed by atoms with Crippen molar-refractivity contribution in [1.82, 2.24) is 10.6 Å². The van der Waals surface area contributed by atoms with Gasteiger partial charge in [0.25, 0.3) is 0 Å². The van der Waals surface area contributed by atoms with Gasteiger partial charge in [0.15, 0.2) is 0 Å². The summed E-state index contributed by atoms with van der Waals surface area (Å²) in [5, 5.41) is 8.80. The molecule has 17 heavy (non-hydrogen) atoms. The molecule has 1 aromatic heterocycles. The second kappa shape index (κ2) is 4.78. The molecule has 3 heterocycles. The van der Waals surface area contributed by atoms with Gasteiger partial charge in [-0.3, -0.25) is 4.79 Å². The molecule has 2 atom stereocenters. The number of hydrogen-bond acceptors (Lipinski definition) is 3. The monoisotopic (exact) mass is 250 g/mol. The predicted octanol–water partition coefficient (Wildman–Crippen LogP) is 1.69. The number of thiophene rings is 1. The number of hydrogen-bond donors (Lipinski definition) is 2. The molecule has 0 aliphatic carbocycles. The van der Waals surface area contributed by atoms with Gasteiger partial charge in [-0.25, -0.2) is 0 Å². The molecule has 2 saturated heterocycles. The molecular formula is C13H18N2OS. The molecule has 2 N–H and O–H groups in total. The van der Waals surface area contributed by atoms with Crippen molar-refractivity contribution in [2.75, 3.05) is 0 Å². The summed E-state index contributed by atoms with van der Waals surface area (Å²) in [5.41, 5.74) is 0. The van der Waals surface area contributed by atoms with Crippen LogP contribution in [0.4, 0.5) is 0 Å². The molecule has 3 nitrogen and oxygen atoms in total. The summed E-state index contributed by atoms with van der Waals surface area (Å²) in [7, 11) is 0. The molecule has 1 amide bonds. The Morgan fingerprint density at radius 3 is 2.82 bits per heavy atom. The van der Waals surface area contributed by atoms with Crippen molar-refractivity contribution in [3.63, 3.8) is 0 Å². The lowest BCUT2D eigenvalue weighted by atomic mass is 10.00. The molecule has 0 aromatic carbocycles. The van der Waals surface area contributed by atoms with Crippen molar-refractivity contribution in [2.24, 2.45) is 0 Å². The van der Waals surface area contributed by atoms with E-state index in [-0.39, 0.29) is 5.91 Å². The Hall–Kier alpha value is -0.870. The first-order valence-electron chi connectivity index (χ1n) is 6.37. The van der Waals surface area contributed by atoms with E-state index in [0.717, 1.165) is 17.7 Å². The Kier molecular flexibility index (Phi) is 3.16. The maximum atomic E-state index is 11.9. The number of amides is 1. The van der Waals surface area contributed by atoms with Crippen molar-refractivity contribution in [3.05, 3.63) is 22.4 Å².